The van der Waals surface area contributed by atoms with Crippen LogP contribution in [-0.4, -0.2) is 33.1 Å². The summed E-state index contributed by atoms with van der Waals surface area (Å²) in [7, 11) is 3.59. The van der Waals surface area contributed by atoms with Gasteiger partial charge >= 0.3 is 17.1 Å². The van der Waals surface area contributed by atoms with E-state index in [1.807, 2.05) is 0 Å². The van der Waals surface area contributed by atoms with Crippen LogP contribution in [0, 0.1) is 14.9 Å². The Morgan fingerprint density at radius 3 is 1.40 bits per heavy atom. The maximum Gasteiger partial charge on any atom is 2.00 e. The van der Waals surface area contributed by atoms with Crippen LogP contribution in [0.2, 0.25) is 25.2 Å². The van der Waals surface area contributed by atoms with E-state index < -0.39 is 8.07 Å². The second kappa shape index (κ2) is 12.3. The summed E-state index contributed by atoms with van der Waals surface area (Å²) in [5.41, 5.74) is 1.03. The molecule has 0 aromatic heterocycles. The second-order valence-electron chi connectivity index (χ2n) is 7.20. The average Bonchev–Trinajstić information content (AvgIpc) is 2.92. The van der Waals surface area contributed by atoms with Crippen molar-refractivity contribution in [3.8, 4) is 0 Å². The Balaban J connectivity index is -0.000000312. The molecule has 2 fully saturated rings. The summed E-state index contributed by atoms with van der Waals surface area (Å²) in [5.74, 6) is 0. The predicted molar refractivity (Wildman–Crippen MR) is 94.3 cm³/mol. The molecule has 0 N–H and O–H groups in total. The molecule has 2 unspecified atom stereocenters. The van der Waals surface area contributed by atoms with Crippen LogP contribution in [0.4, 0.5) is 0 Å². The van der Waals surface area contributed by atoms with E-state index in [-0.39, 0.29) is 31.9 Å². The molecular weight excluding hydrogens is 302 g/mol. The van der Waals surface area contributed by atoms with Crippen LogP contribution >= 0.6 is 0 Å². The second-order valence-corrected chi connectivity index (χ2v) is 12.7. The fourth-order valence-corrected chi connectivity index (χ4v) is 6.14. The molecule has 0 aromatic rings. The Morgan fingerprint density at radius 2 is 1.15 bits per heavy atom. The molecule has 2 rings (SSSR count). The van der Waals surface area contributed by atoms with Crippen molar-refractivity contribution >= 4 is 8.07 Å². The first-order valence-electron chi connectivity index (χ1n) is 7.59. The van der Waals surface area contributed by atoms with E-state index in [1.165, 1.54) is 51.4 Å². The molecule has 2 atom stereocenters. The van der Waals surface area contributed by atoms with Crippen molar-refractivity contribution in [3.05, 3.63) is 14.9 Å². The molecule has 0 saturated heterocycles. The van der Waals surface area contributed by atoms with Crippen molar-refractivity contribution in [1.29, 1.82) is 0 Å². The summed E-state index contributed by atoms with van der Waals surface area (Å²) < 4.78 is 0. The Hall–Kier alpha value is 0.696. The van der Waals surface area contributed by atoms with Crippen molar-refractivity contribution in [2.75, 3.05) is 14.1 Å². The quantitative estimate of drug-likeness (QED) is 0.463. The number of hydrogen-bond acceptors (Lipinski definition) is 1. The molecule has 3 heteroatoms. The molecule has 124 valence electrons. The van der Waals surface area contributed by atoms with E-state index in [0.717, 1.165) is 11.6 Å². The SMILES string of the molecule is C1CCCC1.CN(C)C1CCCC1[Si](C)(C)C.[CH3-].[CH3-].[Fe+2]. The van der Waals surface area contributed by atoms with Crippen molar-refractivity contribution < 1.29 is 17.1 Å². The first-order chi connectivity index (χ1) is 7.93. The summed E-state index contributed by atoms with van der Waals surface area (Å²) in [6, 6.07) is 0.886. The molecule has 2 aliphatic rings. The van der Waals surface area contributed by atoms with Gasteiger partial charge < -0.3 is 19.8 Å². The molecular formula is C17H39FeNSi. The van der Waals surface area contributed by atoms with Gasteiger partial charge in [0.2, 0.25) is 0 Å². The van der Waals surface area contributed by atoms with Gasteiger partial charge in [-0.3, -0.25) is 0 Å². The smallest absolute Gasteiger partial charge is 0.358 e. The zero-order valence-corrected chi connectivity index (χ0v) is 17.2. The topological polar surface area (TPSA) is 3.24 Å². The molecule has 0 radical (unpaired) electrons. The largest absolute Gasteiger partial charge is 2.00 e. The first-order valence-corrected chi connectivity index (χ1v) is 11.2. The number of rotatable bonds is 2. The molecule has 0 amide bonds. The summed E-state index contributed by atoms with van der Waals surface area (Å²) in [6.07, 6.45) is 11.9. The van der Waals surface area contributed by atoms with Gasteiger partial charge in [0.15, 0.2) is 0 Å². The standard InChI is InChI=1S/C10H23NSi.C5H10.2CH3.Fe/c1-11(2)9-7-6-8-10(9)12(3,4)5;1-2-4-5-3-1;;;/h9-10H,6-8H2,1-5H3;1-5H2;2*1H3;/q;;2*-1;+2. The minimum atomic E-state index is -0.892. The van der Waals surface area contributed by atoms with E-state index >= 15 is 0 Å². The van der Waals surface area contributed by atoms with Crippen LogP contribution < -0.4 is 0 Å². The predicted octanol–water partition coefficient (Wildman–Crippen LogP) is 5.66. The Labute approximate surface area is 141 Å². The van der Waals surface area contributed by atoms with Crippen LogP contribution in [0.15, 0.2) is 0 Å². The van der Waals surface area contributed by atoms with Crippen LogP contribution in [-0.2, 0) is 17.1 Å². The number of hydrogen-bond donors (Lipinski definition) is 0. The molecule has 0 heterocycles. The first kappa shape index (κ1) is 25.6. The van der Waals surface area contributed by atoms with Crippen LogP contribution in [0.25, 0.3) is 0 Å². The van der Waals surface area contributed by atoms with Crippen molar-refractivity contribution in [2.24, 2.45) is 0 Å². The molecule has 2 saturated carbocycles. The zero-order valence-electron chi connectivity index (χ0n) is 15.1. The molecule has 20 heavy (non-hydrogen) atoms. The van der Waals surface area contributed by atoms with Crippen molar-refractivity contribution in [1.82, 2.24) is 4.90 Å². The third-order valence-corrected chi connectivity index (χ3v) is 7.40. The van der Waals surface area contributed by atoms with E-state index in [9.17, 15) is 0 Å². The fraction of sp³-hybridized carbons (Fsp3) is 0.882. The Kier molecular flexibility index (Phi) is 15.7. The maximum atomic E-state index is 2.51. The monoisotopic (exact) mass is 341 g/mol. The van der Waals surface area contributed by atoms with Crippen LogP contribution in [0.5, 0.6) is 0 Å². The molecule has 2 aliphatic carbocycles. The van der Waals surface area contributed by atoms with Gasteiger partial charge in [-0.15, -0.1) is 0 Å². The van der Waals surface area contributed by atoms with Gasteiger partial charge in [0.05, 0.1) is 0 Å². The van der Waals surface area contributed by atoms with Crippen LogP contribution in [0.3, 0.4) is 0 Å². The minimum absolute atomic E-state index is 0. The van der Waals surface area contributed by atoms with Gasteiger partial charge in [-0.2, -0.15) is 0 Å². The van der Waals surface area contributed by atoms with E-state index in [0.29, 0.717) is 0 Å². The Morgan fingerprint density at radius 1 is 0.750 bits per heavy atom. The third-order valence-electron chi connectivity index (χ3n) is 4.51. The summed E-state index contributed by atoms with van der Waals surface area (Å²) in [4.78, 5) is 2.44. The van der Waals surface area contributed by atoms with Gasteiger partial charge in [-0.05, 0) is 26.1 Å². The fourth-order valence-electron chi connectivity index (χ4n) is 3.45. The molecule has 0 bridgehead atoms. The summed E-state index contributed by atoms with van der Waals surface area (Å²) in [6.45, 7) is 7.54. The van der Waals surface area contributed by atoms with Gasteiger partial charge in [-0.25, -0.2) is 0 Å². The minimum Gasteiger partial charge on any atom is -0.358 e. The maximum absolute atomic E-state index is 2.51. The number of nitrogens with zero attached hydrogens (tertiary/aromatic N) is 1. The van der Waals surface area contributed by atoms with E-state index in [1.54, 1.807) is 0 Å². The van der Waals surface area contributed by atoms with Gasteiger partial charge in [0.1, 0.15) is 0 Å². The van der Waals surface area contributed by atoms with E-state index in [2.05, 4.69) is 38.6 Å². The van der Waals surface area contributed by atoms with E-state index in [4.69, 9.17) is 0 Å². The summed E-state index contributed by atoms with van der Waals surface area (Å²) >= 11 is 0. The van der Waals surface area contributed by atoms with Gasteiger partial charge in [0, 0.05) is 14.1 Å². The van der Waals surface area contributed by atoms with Crippen molar-refractivity contribution in [3.63, 3.8) is 0 Å². The van der Waals surface area contributed by atoms with Gasteiger partial charge in [-0.1, -0.05) is 64.6 Å². The van der Waals surface area contributed by atoms with Crippen LogP contribution in [0.1, 0.15) is 51.4 Å². The molecule has 0 spiro atoms. The third kappa shape index (κ3) is 8.87. The van der Waals surface area contributed by atoms with Crippen molar-refractivity contribution in [2.45, 2.75) is 82.6 Å². The Bertz CT molecular complexity index is 202. The summed E-state index contributed by atoms with van der Waals surface area (Å²) in [5, 5.41) is 0. The zero-order chi connectivity index (χ0) is 12.9. The molecule has 0 aliphatic heterocycles. The molecule has 0 aromatic carbocycles. The van der Waals surface area contributed by atoms with Gasteiger partial charge in [0.25, 0.3) is 0 Å². The average molecular weight is 341 g/mol. The molecule has 1 nitrogen and oxygen atoms in total. The normalized spacial score (nSPS) is 24.9.